The van der Waals surface area contributed by atoms with Crippen LogP contribution in [0.2, 0.25) is 0 Å². The minimum Gasteiger partial charge on any atom is -0.462 e. The zero-order valence-electron chi connectivity index (χ0n) is 44.2. The van der Waals surface area contributed by atoms with E-state index in [1.165, 1.54) is 199 Å². The molecule has 0 aliphatic heterocycles. The molecule has 0 amide bonds. The minimum absolute atomic E-state index is 0.0728. The summed E-state index contributed by atoms with van der Waals surface area (Å²) in [5, 5.41) is 0. The molecule has 6 heteroatoms. The third-order valence-electron chi connectivity index (χ3n) is 12.9. The van der Waals surface area contributed by atoms with Crippen molar-refractivity contribution in [3.63, 3.8) is 0 Å². The van der Waals surface area contributed by atoms with E-state index in [-0.39, 0.29) is 31.1 Å². The number of carbonyl (C=O) groups excluding carboxylic acids is 3. The molecule has 1 atom stereocenters. The van der Waals surface area contributed by atoms with Crippen LogP contribution < -0.4 is 0 Å². The van der Waals surface area contributed by atoms with Crippen LogP contribution in [0.15, 0.2) is 36.5 Å². The first-order chi connectivity index (χ1) is 32.5. The number of ether oxygens (including phenoxy) is 3. The second-order valence-electron chi connectivity index (χ2n) is 19.6. The van der Waals surface area contributed by atoms with E-state index in [4.69, 9.17) is 14.2 Å². The summed E-state index contributed by atoms with van der Waals surface area (Å²) >= 11 is 0. The van der Waals surface area contributed by atoms with Crippen molar-refractivity contribution in [2.45, 2.75) is 316 Å². The Balaban J connectivity index is 4.36. The standard InChI is InChI=1S/C60H110O6/c1-4-7-10-13-16-19-22-25-28-30-32-35-38-41-44-47-50-53-59(62)65-56-57(55-64-58(61)52-49-46-43-40-37-34-27-24-21-18-15-12-9-6-3)66-60(63)54-51-48-45-42-39-36-33-31-29-26-23-20-17-14-11-8-5-2/h16,19,25-26,28-29,57H,4-15,17-18,20-24,27,30-56H2,1-3H3/b19-16-,28-25-,29-26-. The Bertz CT molecular complexity index is 1110. The summed E-state index contributed by atoms with van der Waals surface area (Å²) in [4.78, 5) is 38.1. The summed E-state index contributed by atoms with van der Waals surface area (Å²) in [5.41, 5.74) is 0. The van der Waals surface area contributed by atoms with Crippen molar-refractivity contribution in [3.05, 3.63) is 36.5 Å². The largest absolute Gasteiger partial charge is 0.462 e. The highest BCUT2D eigenvalue weighted by atomic mass is 16.6. The van der Waals surface area contributed by atoms with Gasteiger partial charge in [0.1, 0.15) is 13.2 Å². The van der Waals surface area contributed by atoms with Crippen molar-refractivity contribution >= 4 is 17.9 Å². The van der Waals surface area contributed by atoms with E-state index in [0.717, 1.165) is 70.6 Å². The topological polar surface area (TPSA) is 78.9 Å². The number of carbonyl (C=O) groups is 3. The van der Waals surface area contributed by atoms with E-state index in [2.05, 4.69) is 57.2 Å². The molecule has 0 saturated heterocycles. The summed E-state index contributed by atoms with van der Waals surface area (Å²) in [6.07, 6.45) is 65.5. The molecule has 0 aromatic heterocycles. The molecule has 0 fully saturated rings. The van der Waals surface area contributed by atoms with E-state index in [1.54, 1.807) is 0 Å². The van der Waals surface area contributed by atoms with Crippen molar-refractivity contribution in [1.29, 1.82) is 0 Å². The van der Waals surface area contributed by atoms with Crippen LogP contribution in [-0.4, -0.2) is 37.2 Å². The summed E-state index contributed by atoms with van der Waals surface area (Å²) in [7, 11) is 0. The average Bonchev–Trinajstić information content (AvgIpc) is 3.31. The Labute approximate surface area is 410 Å². The fourth-order valence-electron chi connectivity index (χ4n) is 8.47. The van der Waals surface area contributed by atoms with Crippen LogP contribution in [-0.2, 0) is 28.6 Å². The van der Waals surface area contributed by atoms with Crippen molar-refractivity contribution in [3.8, 4) is 0 Å². The molecule has 0 radical (unpaired) electrons. The van der Waals surface area contributed by atoms with Crippen LogP contribution in [0.1, 0.15) is 310 Å². The molecule has 0 aromatic rings. The lowest BCUT2D eigenvalue weighted by atomic mass is 10.0. The Morgan fingerprint density at radius 2 is 0.545 bits per heavy atom. The van der Waals surface area contributed by atoms with Gasteiger partial charge < -0.3 is 14.2 Å². The molecule has 1 unspecified atom stereocenters. The van der Waals surface area contributed by atoms with Gasteiger partial charge in [0, 0.05) is 19.3 Å². The maximum absolute atomic E-state index is 12.9. The smallest absolute Gasteiger partial charge is 0.306 e. The van der Waals surface area contributed by atoms with E-state index in [1.807, 2.05) is 0 Å². The molecule has 66 heavy (non-hydrogen) atoms. The predicted molar refractivity (Wildman–Crippen MR) is 284 cm³/mol. The molecular weight excluding hydrogens is 817 g/mol. The molecule has 0 aliphatic carbocycles. The van der Waals surface area contributed by atoms with Gasteiger partial charge in [0.05, 0.1) is 0 Å². The first-order valence-corrected chi connectivity index (χ1v) is 29.0. The number of hydrogen-bond acceptors (Lipinski definition) is 6. The van der Waals surface area contributed by atoms with Crippen molar-refractivity contribution in [1.82, 2.24) is 0 Å². The van der Waals surface area contributed by atoms with Gasteiger partial charge in [0.2, 0.25) is 0 Å². The summed E-state index contributed by atoms with van der Waals surface area (Å²) < 4.78 is 16.9. The first kappa shape index (κ1) is 63.6. The van der Waals surface area contributed by atoms with Gasteiger partial charge in [0.25, 0.3) is 0 Å². The van der Waals surface area contributed by atoms with Crippen LogP contribution in [0.5, 0.6) is 0 Å². The van der Waals surface area contributed by atoms with E-state index in [0.29, 0.717) is 19.3 Å². The summed E-state index contributed by atoms with van der Waals surface area (Å²) in [6, 6.07) is 0. The maximum Gasteiger partial charge on any atom is 0.306 e. The zero-order chi connectivity index (χ0) is 47.9. The molecule has 6 nitrogen and oxygen atoms in total. The van der Waals surface area contributed by atoms with E-state index >= 15 is 0 Å². The quantitative estimate of drug-likeness (QED) is 0.0262. The Morgan fingerprint density at radius 3 is 0.879 bits per heavy atom. The van der Waals surface area contributed by atoms with Crippen molar-refractivity contribution < 1.29 is 28.6 Å². The Kier molecular flexibility index (Phi) is 53.2. The van der Waals surface area contributed by atoms with Crippen LogP contribution in [0.4, 0.5) is 0 Å². The second kappa shape index (κ2) is 55.2. The van der Waals surface area contributed by atoms with Crippen molar-refractivity contribution in [2.75, 3.05) is 13.2 Å². The third-order valence-corrected chi connectivity index (χ3v) is 12.9. The van der Waals surface area contributed by atoms with Crippen LogP contribution >= 0.6 is 0 Å². The van der Waals surface area contributed by atoms with Gasteiger partial charge in [-0.1, -0.05) is 250 Å². The molecule has 0 heterocycles. The van der Waals surface area contributed by atoms with Crippen LogP contribution in [0.3, 0.4) is 0 Å². The number of unbranched alkanes of at least 4 members (excludes halogenated alkanes) is 36. The third kappa shape index (κ3) is 52.6. The number of esters is 3. The molecule has 0 rings (SSSR count). The molecular formula is C60H110O6. The van der Waals surface area contributed by atoms with Gasteiger partial charge in [0.15, 0.2) is 6.10 Å². The first-order valence-electron chi connectivity index (χ1n) is 29.0. The highest BCUT2D eigenvalue weighted by Crippen LogP contribution is 2.16. The lowest BCUT2D eigenvalue weighted by molar-refractivity contribution is -0.167. The molecule has 0 aliphatic rings. The summed E-state index contributed by atoms with van der Waals surface area (Å²) in [6.45, 7) is 6.64. The lowest BCUT2D eigenvalue weighted by Crippen LogP contribution is -2.30. The minimum atomic E-state index is -0.775. The van der Waals surface area contributed by atoms with Crippen LogP contribution in [0.25, 0.3) is 0 Å². The van der Waals surface area contributed by atoms with Gasteiger partial charge in [-0.2, -0.15) is 0 Å². The molecule has 0 saturated carbocycles. The molecule has 0 spiro atoms. The number of rotatable bonds is 53. The number of hydrogen-bond donors (Lipinski definition) is 0. The van der Waals surface area contributed by atoms with Crippen LogP contribution in [0, 0.1) is 0 Å². The maximum atomic E-state index is 12.9. The molecule has 0 N–H and O–H groups in total. The normalized spacial score (nSPS) is 12.2. The average molecular weight is 928 g/mol. The van der Waals surface area contributed by atoms with Gasteiger partial charge in [-0.05, 0) is 77.0 Å². The SMILES string of the molecule is CCCCC/C=C\C/C=C\CCCCCCCCCC(=O)OCC(COC(=O)CCCCCCCCCCCCCCCC)OC(=O)CCCCCCCCC/C=C\CCCCCCCC. The number of allylic oxidation sites excluding steroid dienone is 6. The predicted octanol–water partition coefficient (Wildman–Crippen LogP) is 19.3. The lowest BCUT2D eigenvalue weighted by Gasteiger charge is -2.18. The van der Waals surface area contributed by atoms with E-state index in [9.17, 15) is 14.4 Å². The van der Waals surface area contributed by atoms with Gasteiger partial charge in [-0.15, -0.1) is 0 Å². The molecule has 0 bridgehead atoms. The molecule has 386 valence electrons. The highest BCUT2D eigenvalue weighted by Gasteiger charge is 2.19. The fraction of sp³-hybridized carbons (Fsp3) is 0.850. The Hall–Kier alpha value is -2.37. The Morgan fingerprint density at radius 1 is 0.303 bits per heavy atom. The monoisotopic (exact) mass is 927 g/mol. The summed E-state index contributed by atoms with van der Waals surface area (Å²) in [5.74, 6) is -0.868. The van der Waals surface area contributed by atoms with Gasteiger partial charge >= 0.3 is 17.9 Å². The van der Waals surface area contributed by atoms with Gasteiger partial charge in [-0.3, -0.25) is 14.4 Å². The second-order valence-corrected chi connectivity index (χ2v) is 19.6. The molecule has 0 aromatic carbocycles. The zero-order valence-corrected chi connectivity index (χ0v) is 44.2. The van der Waals surface area contributed by atoms with Gasteiger partial charge in [-0.25, -0.2) is 0 Å². The van der Waals surface area contributed by atoms with Crippen molar-refractivity contribution in [2.24, 2.45) is 0 Å². The highest BCUT2D eigenvalue weighted by molar-refractivity contribution is 5.71. The fourth-order valence-corrected chi connectivity index (χ4v) is 8.47. The van der Waals surface area contributed by atoms with E-state index < -0.39 is 6.10 Å².